The van der Waals surface area contributed by atoms with Crippen LogP contribution in [0.5, 0.6) is 0 Å². The maximum absolute atomic E-state index is 12.5. The highest BCUT2D eigenvalue weighted by Crippen LogP contribution is 2.55. The molecular weight excluding hydrogens is 268 g/mol. The van der Waals surface area contributed by atoms with Gasteiger partial charge in [-0.1, -0.05) is 24.3 Å². The van der Waals surface area contributed by atoms with Crippen molar-refractivity contribution in [2.24, 2.45) is 17.8 Å². The zero-order chi connectivity index (χ0) is 14.4. The second-order valence-corrected chi connectivity index (χ2v) is 6.51. The van der Waals surface area contributed by atoms with Crippen molar-refractivity contribution in [3.05, 3.63) is 24.3 Å². The van der Waals surface area contributed by atoms with Gasteiger partial charge in [0.2, 0.25) is 0 Å². The zero-order valence-corrected chi connectivity index (χ0v) is 12.0. The summed E-state index contributed by atoms with van der Waals surface area (Å²) < 4.78 is 11.6. The average molecular weight is 288 g/mol. The van der Waals surface area contributed by atoms with Gasteiger partial charge in [-0.2, -0.15) is 0 Å². The number of ketones is 1. The van der Waals surface area contributed by atoms with Crippen LogP contribution in [0.2, 0.25) is 0 Å². The highest BCUT2D eigenvalue weighted by Gasteiger charge is 2.62. The van der Waals surface area contributed by atoms with Crippen LogP contribution < -0.4 is 0 Å². The van der Waals surface area contributed by atoms with Gasteiger partial charge in [0.05, 0.1) is 18.6 Å². The molecule has 0 amide bonds. The van der Waals surface area contributed by atoms with Crippen molar-refractivity contribution < 1.29 is 19.1 Å². The molecule has 1 saturated heterocycles. The van der Waals surface area contributed by atoms with Gasteiger partial charge in [-0.15, -0.1) is 0 Å². The summed E-state index contributed by atoms with van der Waals surface area (Å²) in [6, 6.07) is 0. The maximum Gasteiger partial charge on any atom is 0.305 e. The molecule has 0 aromatic heterocycles. The van der Waals surface area contributed by atoms with Gasteiger partial charge in [-0.25, -0.2) is 0 Å². The summed E-state index contributed by atoms with van der Waals surface area (Å²) in [5, 5.41) is 0. The summed E-state index contributed by atoms with van der Waals surface area (Å²) in [6.07, 6.45) is 11.8. The van der Waals surface area contributed by atoms with Crippen LogP contribution >= 0.6 is 0 Å². The van der Waals surface area contributed by atoms with Crippen molar-refractivity contribution in [3.63, 3.8) is 0 Å². The normalized spacial score (nSPS) is 45.1. The van der Waals surface area contributed by atoms with Crippen molar-refractivity contribution in [2.75, 3.05) is 6.61 Å². The summed E-state index contributed by atoms with van der Waals surface area (Å²) in [5.41, 5.74) is -0.519. The summed E-state index contributed by atoms with van der Waals surface area (Å²) >= 11 is 0. The molecule has 4 nitrogen and oxygen atoms in total. The number of ether oxygens (including phenoxy) is 2. The van der Waals surface area contributed by atoms with Gasteiger partial charge in [-0.05, 0) is 19.3 Å². The SMILES string of the molecule is O=C1CCC2C=CC3C4CCC(=O)C3C2(C=CCCO1)O4. The van der Waals surface area contributed by atoms with E-state index in [4.69, 9.17) is 9.47 Å². The number of cyclic esters (lactones) is 1. The third-order valence-corrected chi connectivity index (χ3v) is 5.41. The van der Waals surface area contributed by atoms with Crippen LogP contribution in [0.1, 0.15) is 32.1 Å². The van der Waals surface area contributed by atoms with Gasteiger partial charge in [0.1, 0.15) is 11.4 Å². The first kappa shape index (κ1) is 13.3. The quantitative estimate of drug-likeness (QED) is 0.506. The summed E-state index contributed by atoms with van der Waals surface area (Å²) in [6.45, 7) is 0.414. The number of rotatable bonds is 0. The molecule has 2 aliphatic carbocycles. The van der Waals surface area contributed by atoms with E-state index in [2.05, 4.69) is 18.2 Å². The number of esters is 1. The number of hydrogen-bond donors (Lipinski definition) is 0. The van der Waals surface area contributed by atoms with Gasteiger partial charge < -0.3 is 9.47 Å². The van der Waals surface area contributed by atoms with Crippen LogP contribution in [0.3, 0.4) is 0 Å². The van der Waals surface area contributed by atoms with E-state index in [1.54, 1.807) is 0 Å². The first-order chi connectivity index (χ1) is 10.2. The lowest BCUT2D eigenvalue weighted by molar-refractivity contribution is -0.144. The fourth-order valence-corrected chi connectivity index (χ4v) is 4.50. The van der Waals surface area contributed by atoms with E-state index in [1.807, 2.05) is 6.08 Å². The Bertz CT molecular complexity index is 535. The molecule has 21 heavy (non-hydrogen) atoms. The lowest BCUT2D eigenvalue weighted by Crippen LogP contribution is -2.48. The predicted molar refractivity (Wildman–Crippen MR) is 75.4 cm³/mol. The fourth-order valence-electron chi connectivity index (χ4n) is 4.50. The summed E-state index contributed by atoms with van der Waals surface area (Å²) in [5.74, 6) is 0.434. The van der Waals surface area contributed by atoms with Crippen molar-refractivity contribution >= 4 is 11.8 Å². The van der Waals surface area contributed by atoms with E-state index in [9.17, 15) is 9.59 Å². The van der Waals surface area contributed by atoms with E-state index in [0.717, 1.165) is 6.42 Å². The van der Waals surface area contributed by atoms with Crippen molar-refractivity contribution in [3.8, 4) is 0 Å². The molecule has 4 rings (SSSR count). The second kappa shape index (κ2) is 4.80. The van der Waals surface area contributed by atoms with Gasteiger partial charge >= 0.3 is 5.97 Å². The number of hydrogen-bond acceptors (Lipinski definition) is 4. The van der Waals surface area contributed by atoms with Gasteiger partial charge in [0.25, 0.3) is 0 Å². The topological polar surface area (TPSA) is 52.6 Å². The Kier molecular flexibility index (Phi) is 3.03. The van der Waals surface area contributed by atoms with Gasteiger partial charge in [-0.3, -0.25) is 9.59 Å². The Morgan fingerprint density at radius 3 is 2.95 bits per heavy atom. The van der Waals surface area contributed by atoms with E-state index in [0.29, 0.717) is 38.1 Å². The Morgan fingerprint density at radius 2 is 2.05 bits per heavy atom. The first-order valence-corrected chi connectivity index (χ1v) is 7.93. The van der Waals surface area contributed by atoms with Crippen LogP contribution in [-0.4, -0.2) is 30.1 Å². The van der Waals surface area contributed by atoms with Crippen LogP contribution in [0.25, 0.3) is 0 Å². The van der Waals surface area contributed by atoms with Crippen LogP contribution in [0, 0.1) is 17.8 Å². The molecule has 0 aromatic carbocycles. The third-order valence-electron chi connectivity index (χ3n) is 5.41. The largest absolute Gasteiger partial charge is 0.465 e. The lowest BCUT2D eigenvalue weighted by atomic mass is 9.62. The van der Waals surface area contributed by atoms with E-state index < -0.39 is 5.60 Å². The Hall–Kier alpha value is -1.42. The number of Topliss-reactive ketones (excluding diaryl/α,β-unsaturated/α-hetero) is 1. The first-order valence-electron chi connectivity index (χ1n) is 7.93. The number of carbonyl (C=O) groups is 2. The molecule has 5 atom stereocenters. The Morgan fingerprint density at radius 1 is 1.14 bits per heavy atom. The van der Waals surface area contributed by atoms with Crippen molar-refractivity contribution in [1.29, 1.82) is 0 Å². The summed E-state index contributed by atoms with van der Waals surface area (Å²) in [4.78, 5) is 24.2. The fraction of sp³-hybridized carbons (Fsp3) is 0.647. The van der Waals surface area contributed by atoms with Crippen molar-refractivity contribution in [2.45, 2.75) is 43.8 Å². The number of carbonyl (C=O) groups excluding carboxylic acids is 2. The predicted octanol–water partition coefficient (Wildman–Crippen LogP) is 2.19. The molecule has 5 unspecified atom stereocenters. The molecular formula is C17H20O4. The second-order valence-electron chi connectivity index (χ2n) is 6.51. The molecule has 1 spiro atoms. The highest BCUT2D eigenvalue weighted by molar-refractivity contribution is 5.85. The summed E-state index contributed by atoms with van der Waals surface area (Å²) in [7, 11) is 0. The van der Waals surface area contributed by atoms with Gasteiger partial charge in [0, 0.05) is 24.7 Å². The molecule has 0 aromatic rings. The molecule has 2 fully saturated rings. The monoisotopic (exact) mass is 288 g/mol. The minimum atomic E-state index is -0.519. The van der Waals surface area contributed by atoms with E-state index in [1.165, 1.54) is 0 Å². The van der Waals surface area contributed by atoms with Crippen LogP contribution in [0.4, 0.5) is 0 Å². The molecule has 2 aliphatic heterocycles. The molecule has 2 heterocycles. The Labute approximate surface area is 124 Å². The van der Waals surface area contributed by atoms with Crippen molar-refractivity contribution in [1.82, 2.24) is 0 Å². The maximum atomic E-state index is 12.5. The smallest absolute Gasteiger partial charge is 0.305 e. The molecule has 4 heteroatoms. The Balaban J connectivity index is 1.75. The minimum Gasteiger partial charge on any atom is -0.465 e. The minimum absolute atomic E-state index is 0.0575. The van der Waals surface area contributed by atoms with E-state index in [-0.39, 0.29) is 29.8 Å². The molecule has 112 valence electrons. The molecule has 1 saturated carbocycles. The highest BCUT2D eigenvalue weighted by atomic mass is 16.5. The van der Waals surface area contributed by atoms with E-state index >= 15 is 0 Å². The average Bonchev–Trinajstić information content (AvgIpc) is 2.60. The lowest BCUT2D eigenvalue weighted by Gasteiger charge is -2.40. The molecule has 4 aliphatic rings. The van der Waals surface area contributed by atoms with Gasteiger partial charge in [0.15, 0.2) is 0 Å². The third kappa shape index (κ3) is 1.92. The molecule has 4 bridgehead atoms. The van der Waals surface area contributed by atoms with Crippen LogP contribution in [-0.2, 0) is 19.1 Å². The van der Waals surface area contributed by atoms with Crippen LogP contribution in [0.15, 0.2) is 24.3 Å². The molecule has 0 N–H and O–H groups in total. The molecule has 0 radical (unpaired) electrons. The zero-order valence-electron chi connectivity index (χ0n) is 12.0. The standard InChI is InChI=1S/C17H20O4/c18-13-6-7-14-12-5-3-11-4-8-15(19)20-10-2-1-9-17(11,21-14)16(12)13/h1,3,5,9,11-12,14,16H,2,4,6-8,10H2.